The van der Waals surface area contributed by atoms with Gasteiger partial charge in [-0.05, 0) is 55.0 Å². The van der Waals surface area contributed by atoms with Crippen molar-refractivity contribution in [3.8, 4) is 0 Å². The molecule has 0 atom stereocenters. The highest BCUT2D eigenvalue weighted by Gasteiger charge is 2.34. The molecule has 2 N–H and O–H groups in total. The minimum atomic E-state index is 0.0431. The van der Waals surface area contributed by atoms with Crippen molar-refractivity contribution in [1.29, 1.82) is 0 Å². The summed E-state index contributed by atoms with van der Waals surface area (Å²) in [4.78, 5) is 1.63. The van der Waals surface area contributed by atoms with E-state index in [0.29, 0.717) is 0 Å². The van der Waals surface area contributed by atoms with Gasteiger partial charge in [-0.3, -0.25) is 0 Å². The Labute approximate surface area is 95.7 Å². The molecule has 0 aromatic carbocycles. The molecule has 0 amide bonds. The van der Waals surface area contributed by atoms with Gasteiger partial charge in [0, 0.05) is 10.4 Å². The Morgan fingerprint density at radius 2 is 1.80 bits per heavy atom. The van der Waals surface area contributed by atoms with Crippen molar-refractivity contribution in [2.24, 2.45) is 5.73 Å². The maximum atomic E-state index is 6.56. The SMILES string of the molecule is NC1(c2csc3c2CCCC3)CCCC1. The van der Waals surface area contributed by atoms with Gasteiger partial charge < -0.3 is 5.73 Å². The molecule has 1 aromatic rings. The topological polar surface area (TPSA) is 26.0 Å². The number of aryl methyl sites for hydroxylation is 1. The lowest BCUT2D eigenvalue weighted by molar-refractivity contribution is 0.456. The van der Waals surface area contributed by atoms with Gasteiger partial charge in [0.05, 0.1) is 0 Å². The minimum Gasteiger partial charge on any atom is -0.321 e. The fourth-order valence-corrected chi connectivity index (χ4v) is 4.44. The van der Waals surface area contributed by atoms with Crippen LogP contribution in [-0.4, -0.2) is 0 Å². The van der Waals surface area contributed by atoms with Crippen LogP contribution in [0.1, 0.15) is 54.5 Å². The van der Waals surface area contributed by atoms with Gasteiger partial charge >= 0.3 is 0 Å². The highest BCUT2D eigenvalue weighted by molar-refractivity contribution is 7.10. The largest absolute Gasteiger partial charge is 0.321 e. The summed E-state index contributed by atoms with van der Waals surface area (Å²) >= 11 is 1.96. The monoisotopic (exact) mass is 221 g/mol. The lowest BCUT2D eigenvalue weighted by Gasteiger charge is -2.26. The molecule has 0 unspecified atom stereocenters. The van der Waals surface area contributed by atoms with E-state index in [1.807, 2.05) is 11.3 Å². The Kier molecular flexibility index (Phi) is 2.37. The van der Waals surface area contributed by atoms with Gasteiger partial charge in [0.25, 0.3) is 0 Å². The Balaban J connectivity index is 2.00. The number of fused-ring (bicyclic) bond motifs is 1. The average molecular weight is 221 g/mol. The van der Waals surface area contributed by atoms with Crippen molar-refractivity contribution in [1.82, 2.24) is 0 Å². The molecule has 0 saturated heterocycles. The van der Waals surface area contributed by atoms with Crippen LogP contribution in [-0.2, 0) is 18.4 Å². The second-order valence-corrected chi connectivity index (χ2v) is 6.09. The Hall–Kier alpha value is -0.340. The van der Waals surface area contributed by atoms with Crippen LogP contribution in [0.25, 0.3) is 0 Å². The lowest BCUT2D eigenvalue weighted by atomic mass is 9.84. The predicted molar refractivity (Wildman–Crippen MR) is 65.3 cm³/mol. The zero-order valence-electron chi connectivity index (χ0n) is 9.22. The van der Waals surface area contributed by atoms with Crippen LogP contribution in [0.3, 0.4) is 0 Å². The molecule has 2 aliphatic carbocycles. The van der Waals surface area contributed by atoms with E-state index < -0.39 is 0 Å². The lowest BCUT2D eigenvalue weighted by Crippen LogP contribution is -2.33. The molecule has 3 rings (SSSR count). The van der Waals surface area contributed by atoms with Crippen LogP contribution >= 0.6 is 11.3 Å². The highest BCUT2D eigenvalue weighted by atomic mass is 32.1. The first kappa shape index (κ1) is 9.86. The molecule has 0 bridgehead atoms. The zero-order valence-corrected chi connectivity index (χ0v) is 10.0. The third-order valence-corrected chi connectivity index (χ3v) is 5.18. The van der Waals surface area contributed by atoms with Crippen LogP contribution in [0.15, 0.2) is 5.38 Å². The number of hydrogen-bond acceptors (Lipinski definition) is 2. The zero-order chi connectivity index (χ0) is 10.3. The number of rotatable bonds is 1. The molecule has 0 spiro atoms. The molecule has 2 aliphatic rings. The molecular formula is C13H19NS. The summed E-state index contributed by atoms with van der Waals surface area (Å²) in [5.41, 5.74) is 9.75. The molecule has 15 heavy (non-hydrogen) atoms. The molecule has 1 saturated carbocycles. The number of hydrogen-bond donors (Lipinski definition) is 1. The van der Waals surface area contributed by atoms with Crippen LogP contribution in [0.2, 0.25) is 0 Å². The first-order chi connectivity index (χ1) is 7.30. The van der Waals surface area contributed by atoms with Gasteiger partial charge in [-0.25, -0.2) is 0 Å². The summed E-state index contributed by atoms with van der Waals surface area (Å²) in [7, 11) is 0. The molecule has 1 nitrogen and oxygen atoms in total. The normalized spacial score (nSPS) is 24.1. The second kappa shape index (κ2) is 3.60. The molecular weight excluding hydrogens is 202 g/mol. The van der Waals surface area contributed by atoms with E-state index in [9.17, 15) is 0 Å². The fourth-order valence-electron chi connectivity index (χ4n) is 3.19. The van der Waals surface area contributed by atoms with Crippen molar-refractivity contribution in [2.75, 3.05) is 0 Å². The first-order valence-electron chi connectivity index (χ1n) is 6.18. The summed E-state index contributed by atoms with van der Waals surface area (Å²) in [6.07, 6.45) is 10.4. The predicted octanol–water partition coefficient (Wildman–Crippen LogP) is 3.35. The average Bonchev–Trinajstić information content (AvgIpc) is 2.84. The van der Waals surface area contributed by atoms with E-state index in [1.165, 1.54) is 56.9 Å². The van der Waals surface area contributed by atoms with Crippen LogP contribution in [0, 0.1) is 0 Å². The smallest absolute Gasteiger partial charge is 0.0420 e. The van der Waals surface area contributed by atoms with Gasteiger partial charge in [-0.2, -0.15) is 0 Å². The standard InChI is InChI=1S/C13H19NS/c14-13(7-3-4-8-13)11-9-15-12-6-2-1-5-10(11)12/h9H,1-8,14H2. The summed E-state index contributed by atoms with van der Waals surface area (Å²) in [5.74, 6) is 0. The molecule has 0 radical (unpaired) electrons. The Morgan fingerprint density at radius 1 is 1.07 bits per heavy atom. The molecule has 0 aliphatic heterocycles. The van der Waals surface area contributed by atoms with Crippen LogP contribution in [0.4, 0.5) is 0 Å². The van der Waals surface area contributed by atoms with Gasteiger partial charge in [0.2, 0.25) is 0 Å². The maximum absolute atomic E-state index is 6.56. The van der Waals surface area contributed by atoms with E-state index in [2.05, 4.69) is 5.38 Å². The summed E-state index contributed by atoms with van der Waals surface area (Å²) in [6.45, 7) is 0. The van der Waals surface area contributed by atoms with Crippen molar-refractivity contribution < 1.29 is 0 Å². The highest BCUT2D eigenvalue weighted by Crippen LogP contribution is 2.42. The molecule has 2 heteroatoms. The van der Waals surface area contributed by atoms with Crippen molar-refractivity contribution in [3.05, 3.63) is 21.4 Å². The number of nitrogens with two attached hydrogens (primary N) is 1. The fraction of sp³-hybridized carbons (Fsp3) is 0.692. The summed E-state index contributed by atoms with van der Waals surface area (Å²) in [6, 6.07) is 0. The second-order valence-electron chi connectivity index (χ2n) is 5.12. The third-order valence-electron chi connectivity index (χ3n) is 4.09. The van der Waals surface area contributed by atoms with E-state index in [0.717, 1.165) is 0 Å². The van der Waals surface area contributed by atoms with Crippen molar-refractivity contribution in [3.63, 3.8) is 0 Å². The molecule has 1 fully saturated rings. The number of thiophene rings is 1. The van der Waals surface area contributed by atoms with E-state index >= 15 is 0 Å². The van der Waals surface area contributed by atoms with Gasteiger partial charge in [0.15, 0.2) is 0 Å². The van der Waals surface area contributed by atoms with Crippen LogP contribution < -0.4 is 5.73 Å². The van der Waals surface area contributed by atoms with E-state index in [4.69, 9.17) is 5.73 Å². The molecule has 82 valence electrons. The van der Waals surface area contributed by atoms with E-state index in [1.54, 1.807) is 10.4 Å². The third kappa shape index (κ3) is 1.55. The summed E-state index contributed by atoms with van der Waals surface area (Å²) in [5, 5.41) is 2.36. The molecule has 1 aromatic heterocycles. The Bertz CT molecular complexity index is 361. The minimum absolute atomic E-state index is 0.0431. The Morgan fingerprint density at radius 3 is 2.60 bits per heavy atom. The maximum Gasteiger partial charge on any atom is 0.0420 e. The van der Waals surface area contributed by atoms with Gasteiger partial charge in [-0.1, -0.05) is 12.8 Å². The summed E-state index contributed by atoms with van der Waals surface area (Å²) < 4.78 is 0. The van der Waals surface area contributed by atoms with Gasteiger partial charge in [0.1, 0.15) is 0 Å². The van der Waals surface area contributed by atoms with E-state index in [-0.39, 0.29) is 5.54 Å². The quantitative estimate of drug-likeness (QED) is 0.773. The van der Waals surface area contributed by atoms with Crippen LogP contribution in [0.5, 0.6) is 0 Å². The van der Waals surface area contributed by atoms with Crippen molar-refractivity contribution >= 4 is 11.3 Å². The first-order valence-corrected chi connectivity index (χ1v) is 7.06. The molecule has 1 heterocycles. The van der Waals surface area contributed by atoms with Crippen molar-refractivity contribution in [2.45, 2.75) is 56.9 Å². The van der Waals surface area contributed by atoms with Gasteiger partial charge in [-0.15, -0.1) is 11.3 Å².